The van der Waals surface area contributed by atoms with E-state index in [4.69, 9.17) is 4.74 Å². The van der Waals surface area contributed by atoms with Crippen LogP contribution in [0.15, 0.2) is 0 Å². The van der Waals surface area contributed by atoms with E-state index in [0.29, 0.717) is 6.73 Å². The van der Waals surface area contributed by atoms with E-state index in [-0.39, 0.29) is 11.8 Å². The molecular formula is C11H25NO2Si. The molecule has 0 saturated carbocycles. The van der Waals surface area contributed by atoms with Gasteiger partial charge in [0.15, 0.2) is 0 Å². The molecule has 0 aliphatic carbocycles. The first-order valence-electron chi connectivity index (χ1n) is 5.72. The van der Waals surface area contributed by atoms with Gasteiger partial charge < -0.3 is 10.1 Å². The number of carbonyl (C=O) groups excluding carboxylic acids is 1. The molecule has 4 heteroatoms. The summed E-state index contributed by atoms with van der Waals surface area (Å²) in [5, 5.41) is 2.77. The molecule has 0 aliphatic rings. The van der Waals surface area contributed by atoms with Crippen LogP contribution in [0.25, 0.3) is 0 Å². The number of carbonyl (C=O) groups is 1. The van der Waals surface area contributed by atoms with E-state index in [9.17, 15) is 4.79 Å². The van der Waals surface area contributed by atoms with Crippen LogP contribution in [0.3, 0.4) is 0 Å². The van der Waals surface area contributed by atoms with Crippen molar-refractivity contribution in [1.82, 2.24) is 5.32 Å². The van der Waals surface area contributed by atoms with E-state index in [0.717, 1.165) is 19.1 Å². The Kier molecular flexibility index (Phi) is 6.84. The summed E-state index contributed by atoms with van der Waals surface area (Å²) in [5.41, 5.74) is 0. The predicted molar refractivity (Wildman–Crippen MR) is 66.6 cm³/mol. The van der Waals surface area contributed by atoms with E-state index in [1.165, 1.54) is 0 Å². The molecule has 0 aromatic rings. The molecule has 1 atom stereocenters. The third-order valence-electron chi connectivity index (χ3n) is 2.40. The van der Waals surface area contributed by atoms with Crippen molar-refractivity contribution in [3.63, 3.8) is 0 Å². The summed E-state index contributed by atoms with van der Waals surface area (Å²) in [6, 6.07) is 1.15. The Bertz CT molecular complexity index is 190. The number of nitrogens with one attached hydrogen (secondary N) is 1. The van der Waals surface area contributed by atoms with Crippen LogP contribution >= 0.6 is 0 Å². The monoisotopic (exact) mass is 231 g/mol. The molecular weight excluding hydrogens is 206 g/mol. The molecule has 0 unspecified atom stereocenters. The predicted octanol–water partition coefficient (Wildman–Crippen LogP) is 2.46. The molecule has 1 amide bonds. The Morgan fingerprint density at radius 3 is 2.47 bits per heavy atom. The number of hydrogen-bond donors (Lipinski definition) is 1. The second-order valence-corrected chi connectivity index (χ2v) is 10.8. The minimum atomic E-state index is -1.00. The maximum Gasteiger partial charge on any atom is 0.224 e. The minimum absolute atomic E-state index is 0.0884. The SMILES string of the molecule is CC[C@H](C)C(=O)NCOCC[Si](C)(C)C. The van der Waals surface area contributed by atoms with E-state index in [1.54, 1.807) is 0 Å². The van der Waals surface area contributed by atoms with Crippen molar-refractivity contribution in [3.8, 4) is 0 Å². The quantitative estimate of drug-likeness (QED) is 0.415. The summed E-state index contributed by atoms with van der Waals surface area (Å²) in [5.74, 6) is 0.177. The minimum Gasteiger partial charge on any atom is -0.362 e. The Morgan fingerprint density at radius 2 is 2.00 bits per heavy atom. The maximum absolute atomic E-state index is 11.4. The fraction of sp³-hybridized carbons (Fsp3) is 0.909. The molecule has 15 heavy (non-hydrogen) atoms. The van der Waals surface area contributed by atoms with Crippen molar-refractivity contribution >= 4 is 14.0 Å². The Morgan fingerprint density at radius 1 is 1.40 bits per heavy atom. The number of rotatable bonds is 7. The van der Waals surface area contributed by atoms with Gasteiger partial charge in [-0.1, -0.05) is 33.5 Å². The van der Waals surface area contributed by atoms with E-state index < -0.39 is 8.07 Å². The Balaban J connectivity index is 3.43. The van der Waals surface area contributed by atoms with E-state index in [2.05, 4.69) is 25.0 Å². The van der Waals surface area contributed by atoms with Crippen molar-refractivity contribution in [2.24, 2.45) is 5.92 Å². The van der Waals surface area contributed by atoms with Crippen molar-refractivity contribution in [2.75, 3.05) is 13.3 Å². The van der Waals surface area contributed by atoms with Crippen molar-refractivity contribution < 1.29 is 9.53 Å². The summed E-state index contributed by atoms with van der Waals surface area (Å²) in [6.45, 7) is 12.0. The Labute approximate surface area is 94.6 Å². The topological polar surface area (TPSA) is 38.3 Å². The zero-order valence-electron chi connectivity index (χ0n) is 10.7. The van der Waals surface area contributed by atoms with Crippen LogP contribution in [0.5, 0.6) is 0 Å². The molecule has 0 heterocycles. The van der Waals surface area contributed by atoms with Gasteiger partial charge in [-0.15, -0.1) is 0 Å². The van der Waals surface area contributed by atoms with Gasteiger partial charge in [0.1, 0.15) is 6.73 Å². The summed E-state index contributed by atoms with van der Waals surface area (Å²) in [4.78, 5) is 11.4. The van der Waals surface area contributed by atoms with Crippen LogP contribution < -0.4 is 5.32 Å². The first-order valence-corrected chi connectivity index (χ1v) is 9.43. The van der Waals surface area contributed by atoms with Gasteiger partial charge >= 0.3 is 0 Å². The first-order chi connectivity index (χ1) is 6.87. The van der Waals surface area contributed by atoms with Crippen LogP contribution in [-0.4, -0.2) is 27.3 Å². The molecule has 0 rings (SSSR count). The highest BCUT2D eigenvalue weighted by atomic mass is 28.3. The summed E-state index contributed by atoms with van der Waals surface area (Å²) in [6.07, 6.45) is 0.876. The zero-order chi connectivity index (χ0) is 11.9. The lowest BCUT2D eigenvalue weighted by atomic mass is 10.1. The lowest BCUT2D eigenvalue weighted by molar-refractivity contribution is -0.126. The lowest BCUT2D eigenvalue weighted by Crippen LogP contribution is -2.31. The summed E-state index contributed by atoms with van der Waals surface area (Å²) >= 11 is 0. The number of ether oxygens (including phenoxy) is 1. The fourth-order valence-corrected chi connectivity index (χ4v) is 1.69. The van der Waals surface area contributed by atoms with Gasteiger partial charge in [-0.3, -0.25) is 4.79 Å². The molecule has 3 nitrogen and oxygen atoms in total. The van der Waals surface area contributed by atoms with Gasteiger partial charge in [0.05, 0.1) is 0 Å². The molecule has 90 valence electrons. The molecule has 0 fully saturated rings. The molecule has 0 radical (unpaired) electrons. The van der Waals surface area contributed by atoms with Crippen LogP contribution in [-0.2, 0) is 9.53 Å². The Hall–Kier alpha value is -0.353. The average molecular weight is 231 g/mol. The molecule has 0 aliphatic heterocycles. The van der Waals surface area contributed by atoms with Gasteiger partial charge in [-0.05, 0) is 12.5 Å². The van der Waals surface area contributed by atoms with Gasteiger partial charge in [-0.2, -0.15) is 0 Å². The summed E-state index contributed by atoms with van der Waals surface area (Å²) < 4.78 is 5.38. The van der Waals surface area contributed by atoms with Gasteiger partial charge in [0.2, 0.25) is 5.91 Å². The second-order valence-electron chi connectivity index (χ2n) is 5.21. The smallest absolute Gasteiger partial charge is 0.224 e. The normalized spacial score (nSPS) is 13.7. The second kappa shape index (κ2) is 7.01. The third kappa shape index (κ3) is 8.63. The van der Waals surface area contributed by atoms with Crippen LogP contribution in [0.4, 0.5) is 0 Å². The lowest BCUT2D eigenvalue weighted by Gasteiger charge is -2.16. The van der Waals surface area contributed by atoms with Crippen LogP contribution in [0.1, 0.15) is 20.3 Å². The number of amides is 1. The van der Waals surface area contributed by atoms with Crippen LogP contribution in [0.2, 0.25) is 25.7 Å². The molecule has 0 aromatic heterocycles. The average Bonchev–Trinajstić information content (AvgIpc) is 2.14. The van der Waals surface area contributed by atoms with Crippen molar-refractivity contribution in [1.29, 1.82) is 0 Å². The maximum atomic E-state index is 11.4. The van der Waals surface area contributed by atoms with Crippen LogP contribution in [0, 0.1) is 5.92 Å². The highest BCUT2D eigenvalue weighted by Gasteiger charge is 2.12. The standard InChI is InChI=1S/C11H25NO2Si/c1-6-10(2)11(13)12-9-14-7-8-15(3,4)5/h10H,6-9H2,1-5H3,(H,12,13)/t10-/m0/s1. The molecule has 0 saturated heterocycles. The largest absolute Gasteiger partial charge is 0.362 e. The molecule has 0 aromatic carbocycles. The van der Waals surface area contributed by atoms with Crippen molar-refractivity contribution in [2.45, 2.75) is 46.0 Å². The highest BCUT2D eigenvalue weighted by Crippen LogP contribution is 2.07. The van der Waals surface area contributed by atoms with E-state index >= 15 is 0 Å². The third-order valence-corrected chi connectivity index (χ3v) is 4.11. The van der Waals surface area contributed by atoms with Crippen molar-refractivity contribution in [3.05, 3.63) is 0 Å². The fourth-order valence-electron chi connectivity index (χ4n) is 0.932. The molecule has 0 spiro atoms. The van der Waals surface area contributed by atoms with Gasteiger partial charge in [0, 0.05) is 20.6 Å². The molecule has 0 bridgehead atoms. The van der Waals surface area contributed by atoms with Gasteiger partial charge in [-0.25, -0.2) is 0 Å². The number of hydrogen-bond acceptors (Lipinski definition) is 2. The summed E-state index contributed by atoms with van der Waals surface area (Å²) in [7, 11) is -1.00. The zero-order valence-corrected chi connectivity index (χ0v) is 11.7. The molecule has 1 N–H and O–H groups in total. The first kappa shape index (κ1) is 14.6. The van der Waals surface area contributed by atoms with Gasteiger partial charge in [0.25, 0.3) is 0 Å². The van der Waals surface area contributed by atoms with E-state index in [1.807, 2.05) is 13.8 Å². The highest BCUT2D eigenvalue weighted by molar-refractivity contribution is 6.76.